The van der Waals surface area contributed by atoms with E-state index in [9.17, 15) is 9.90 Å². The highest BCUT2D eigenvalue weighted by Crippen LogP contribution is 2.22. The van der Waals surface area contributed by atoms with Gasteiger partial charge in [0.1, 0.15) is 0 Å². The molecule has 7 heteroatoms. The fraction of sp³-hybridized carbons (Fsp3) is 0.400. The SMILES string of the molecule is Cn1nncc1NC(=O)N1C[C@@H](Cc2ccccc2)[C@H](O)C1. The molecule has 2 N–H and O–H groups in total. The molecule has 22 heavy (non-hydrogen) atoms. The van der Waals surface area contributed by atoms with Crippen LogP contribution in [0.5, 0.6) is 0 Å². The Morgan fingerprint density at radius 1 is 1.36 bits per heavy atom. The maximum atomic E-state index is 12.2. The van der Waals surface area contributed by atoms with E-state index in [1.807, 2.05) is 30.3 Å². The number of carbonyl (C=O) groups excluding carboxylic acids is 1. The molecule has 1 aliphatic rings. The minimum atomic E-state index is -0.504. The molecule has 7 nitrogen and oxygen atoms in total. The van der Waals surface area contributed by atoms with Crippen molar-refractivity contribution in [2.45, 2.75) is 12.5 Å². The lowest BCUT2D eigenvalue weighted by Crippen LogP contribution is -2.34. The van der Waals surface area contributed by atoms with Crippen molar-refractivity contribution in [3.8, 4) is 0 Å². The predicted molar refractivity (Wildman–Crippen MR) is 81.2 cm³/mol. The van der Waals surface area contributed by atoms with Crippen molar-refractivity contribution >= 4 is 11.8 Å². The second kappa shape index (κ2) is 6.15. The number of anilines is 1. The molecule has 2 amide bonds. The van der Waals surface area contributed by atoms with Crippen LogP contribution in [0.4, 0.5) is 10.6 Å². The number of urea groups is 1. The third kappa shape index (κ3) is 3.09. The number of β-amino-alcohol motifs (C(OH)–C–C–N with tert-alkyl or cyclic N) is 1. The first-order chi connectivity index (χ1) is 10.6. The Bertz CT molecular complexity index is 642. The molecule has 1 fully saturated rings. The smallest absolute Gasteiger partial charge is 0.323 e. The molecule has 2 heterocycles. The molecule has 1 aliphatic heterocycles. The first-order valence-electron chi connectivity index (χ1n) is 7.26. The largest absolute Gasteiger partial charge is 0.391 e. The zero-order valence-electron chi connectivity index (χ0n) is 12.4. The highest BCUT2D eigenvalue weighted by Gasteiger charge is 2.34. The second-order valence-electron chi connectivity index (χ2n) is 5.60. The van der Waals surface area contributed by atoms with Crippen molar-refractivity contribution in [3.05, 3.63) is 42.1 Å². The average Bonchev–Trinajstić information content (AvgIpc) is 3.07. The first kappa shape index (κ1) is 14.5. The van der Waals surface area contributed by atoms with Gasteiger partial charge in [0, 0.05) is 26.1 Å². The van der Waals surface area contributed by atoms with Crippen LogP contribution in [0.2, 0.25) is 0 Å². The van der Waals surface area contributed by atoms with Crippen molar-refractivity contribution in [1.29, 1.82) is 0 Å². The summed E-state index contributed by atoms with van der Waals surface area (Å²) in [7, 11) is 1.71. The standard InChI is InChI=1S/C15H19N5O2/c1-19-14(8-16-18-19)17-15(22)20-9-12(13(21)10-20)7-11-5-3-2-4-6-11/h2-6,8,12-13,21H,7,9-10H2,1H3,(H,17,22)/t12-,13-/m1/s1. The molecule has 0 unspecified atom stereocenters. The van der Waals surface area contributed by atoms with Gasteiger partial charge in [0.25, 0.3) is 0 Å². The summed E-state index contributed by atoms with van der Waals surface area (Å²) in [5.74, 6) is 0.587. The van der Waals surface area contributed by atoms with Gasteiger partial charge in [-0.1, -0.05) is 35.5 Å². The molecule has 2 atom stereocenters. The summed E-state index contributed by atoms with van der Waals surface area (Å²) in [6.45, 7) is 0.877. The van der Waals surface area contributed by atoms with Crippen molar-refractivity contribution in [1.82, 2.24) is 19.9 Å². The Kier molecular flexibility index (Phi) is 4.06. The number of hydrogen-bond donors (Lipinski definition) is 2. The molecule has 0 saturated carbocycles. The van der Waals surface area contributed by atoms with Crippen molar-refractivity contribution in [2.24, 2.45) is 13.0 Å². The molecule has 0 radical (unpaired) electrons. The third-order valence-corrected chi connectivity index (χ3v) is 3.98. The number of nitrogens with zero attached hydrogens (tertiary/aromatic N) is 4. The lowest BCUT2D eigenvalue weighted by molar-refractivity contribution is 0.143. The molecule has 1 aromatic carbocycles. The Morgan fingerprint density at radius 3 is 2.82 bits per heavy atom. The van der Waals surface area contributed by atoms with Crippen molar-refractivity contribution < 1.29 is 9.90 Å². The van der Waals surface area contributed by atoms with Crippen LogP contribution in [0.1, 0.15) is 5.56 Å². The van der Waals surface area contributed by atoms with E-state index in [1.165, 1.54) is 16.4 Å². The van der Waals surface area contributed by atoms with Crippen LogP contribution in [0, 0.1) is 5.92 Å². The Balaban J connectivity index is 1.60. The van der Waals surface area contributed by atoms with E-state index in [0.29, 0.717) is 18.9 Å². The fourth-order valence-corrected chi connectivity index (χ4v) is 2.73. The molecule has 0 spiro atoms. The summed E-state index contributed by atoms with van der Waals surface area (Å²) in [5, 5.41) is 20.4. The van der Waals surface area contributed by atoms with E-state index in [2.05, 4.69) is 15.6 Å². The Hall–Kier alpha value is -2.41. The van der Waals surface area contributed by atoms with E-state index in [4.69, 9.17) is 0 Å². The number of hydrogen-bond acceptors (Lipinski definition) is 4. The zero-order chi connectivity index (χ0) is 15.5. The van der Waals surface area contributed by atoms with Gasteiger partial charge in [-0.15, -0.1) is 5.10 Å². The van der Waals surface area contributed by atoms with Crippen LogP contribution in [0.3, 0.4) is 0 Å². The quantitative estimate of drug-likeness (QED) is 0.881. The monoisotopic (exact) mass is 301 g/mol. The van der Waals surface area contributed by atoms with Gasteiger partial charge >= 0.3 is 6.03 Å². The van der Waals surface area contributed by atoms with E-state index in [1.54, 1.807) is 11.9 Å². The van der Waals surface area contributed by atoms with Gasteiger partial charge in [-0.25, -0.2) is 9.48 Å². The van der Waals surface area contributed by atoms with Gasteiger partial charge in [-0.2, -0.15) is 0 Å². The van der Waals surface area contributed by atoms with Crippen molar-refractivity contribution in [2.75, 3.05) is 18.4 Å². The number of aliphatic hydroxyl groups excluding tert-OH is 1. The Morgan fingerprint density at radius 2 is 2.14 bits per heavy atom. The molecular weight excluding hydrogens is 282 g/mol. The first-order valence-corrected chi connectivity index (χ1v) is 7.26. The lowest BCUT2D eigenvalue weighted by Gasteiger charge is -2.16. The highest BCUT2D eigenvalue weighted by molar-refractivity contribution is 5.88. The van der Waals surface area contributed by atoms with Crippen molar-refractivity contribution in [3.63, 3.8) is 0 Å². The number of nitrogens with one attached hydrogen (secondary N) is 1. The molecule has 1 aromatic heterocycles. The topological polar surface area (TPSA) is 83.3 Å². The van der Waals surface area contributed by atoms with Crippen LogP contribution in [0.15, 0.2) is 36.5 Å². The van der Waals surface area contributed by atoms with Gasteiger partial charge in [-0.3, -0.25) is 5.32 Å². The second-order valence-corrected chi connectivity index (χ2v) is 5.60. The summed E-state index contributed by atoms with van der Waals surface area (Å²) in [5.41, 5.74) is 1.17. The van der Waals surface area contributed by atoms with Gasteiger partial charge in [0.05, 0.1) is 12.3 Å². The molecule has 0 bridgehead atoms. The van der Waals surface area contributed by atoms with E-state index in [0.717, 1.165) is 6.42 Å². The number of amides is 2. The third-order valence-electron chi connectivity index (χ3n) is 3.98. The number of benzene rings is 1. The number of aryl methyl sites for hydroxylation is 1. The minimum absolute atomic E-state index is 0.0535. The number of aromatic nitrogens is 3. The van der Waals surface area contributed by atoms with Crippen LogP contribution < -0.4 is 5.32 Å². The molecule has 0 aliphatic carbocycles. The van der Waals surface area contributed by atoms with Gasteiger partial charge in [-0.05, 0) is 12.0 Å². The van der Waals surface area contributed by atoms with Crippen LogP contribution in [-0.4, -0.2) is 50.2 Å². The van der Waals surface area contributed by atoms with E-state index in [-0.39, 0.29) is 11.9 Å². The summed E-state index contributed by atoms with van der Waals surface area (Å²) in [6.07, 6.45) is 1.75. The number of rotatable bonds is 3. The number of likely N-dealkylation sites (tertiary alicyclic amines) is 1. The highest BCUT2D eigenvalue weighted by atomic mass is 16.3. The number of carbonyl (C=O) groups is 1. The predicted octanol–water partition coefficient (Wildman–Crippen LogP) is 0.882. The van der Waals surface area contributed by atoms with E-state index >= 15 is 0 Å². The summed E-state index contributed by atoms with van der Waals surface area (Å²) >= 11 is 0. The Labute approximate surface area is 128 Å². The molecule has 1 saturated heterocycles. The minimum Gasteiger partial charge on any atom is -0.391 e. The normalized spacial score (nSPS) is 21.1. The lowest BCUT2D eigenvalue weighted by atomic mass is 9.97. The maximum Gasteiger partial charge on any atom is 0.323 e. The van der Waals surface area contributed by atoms with Crippen LogP contribution in [0.25, 0.3) is 0 Å². The van der Waals surface area contributed by atoms with Gasteiger partial charge in [0.15, 0.2) is 5.82 Å². The molecular formula is C15H19N5O2. The fourth-order valence-electron chi connectivity index (χ4n) is 2.73. The van der Waals surface area contributed by atoms with Gasteiger partial charge in [0.2, 0.25) is 0 Å². The maximum absolute atomic E-state index is 12.2. The molecule has 2 aromatic rings. The molecule has 3 rings (SSSR count). The van der Waals surface area contributed by atoms with Gasteiger partial charge < -0.3 is 10.0 Å². The van der Waals surface area contributed by atoms with Crippen LogP contribution in [-0.2, 0) is 13.5 Å². The van der Waals surface area contributed by atoms with Crippen LogP contribution >= 0.6 is 0 Å². The van der Waals surface area contributed by atoms with E-state index < -0.39 is 6.10 Å². The summed E-state index contributed by atoms with van der Waals surface area (Å²) in [4.78, 5) is 13.9. The number of aliphatic hydroxyl groups is 1. The molecule has 116 valence electrons. The summed E-state index contributed by atoms with van der Waals surface area (Å²) < 4.78 is 1.49. The average molecular weight is 301 g/mol. The summed E-state index contributed by atoms with van der Waals surface area (Å²) in [6, 6.07) is 9.77. The zero-order valence-corrected chi connectivity index (χ0v) is 12.4.